The number of likely N-dealkylation sites (N-methyl/N-ethyl adjacent to an activating group) is 1. The average Bonchev–Trinajstić information content (AvgIpc) is 3.26. The van der Waals surface area contributed by atoms with Gasteiger partial charge in [0.2, 0.25) is 5.95 Å². The van der Waals surface area contributed by atoms with Crippen LogP contribution in [0.5, 0.6) is 0 Å². The second-order valence-electron chi connectivity index (χ2n) is 8.82. The van der Waals surface area contributed by atoms with E-state index in [0.717, 1.165) is 23.8 Å². The van der Waals surface area contributed by atoms with Crippen molar-refractivity contribution < 1.29 is 27.1 Å². The van der Waals surface area contributed by atoms with Crippen LogP contribution in [0.2, 0.25) is 10.0 Å². The van der Waals surface area contributed by atoms with Crippen LogP contribution in [-0.2, 0) is 12.7 Å². The Balaban J connectivity index is 1.60. The van der Waals surface area contributed by atoms with Crippen molar-refractivity contribution in [2.75, 3.05) is 20.1 Å². The lowest BCUT2D eigenvalue weighted by molar-refractivity contribution is -0.140. The molecule has 0 amide bonds. The Kier molecular flexibility index (Phi) is 7.87. The van der Waals surface area contributed by atoms with Crippen molar-refractivity contribution in [1.29, 1.82) is 0 Å². The van der Waals surface area contributed by atoms with Gasteiger partial charge in [0, 0.05) is 43.4 Å². The van der Waals surface area contributed by atoms with Gasteiger partial charge in [-0.2, -0.15) is 17.6 Å². The van der Waals surface area contributed by atoms with Gasteiger partial charge in [0.15, 0.2) is 0 Å². The normalized spacial score (nSPS) is 19.7. The Morgan fingerprint density at radius 1 is 1.06 bits per heavy atom. The number of alkyl halides is 3. The van der Waals surface area contributed by atoms with Crippen molar-refractivity contribution in [2.45, 2.75) is 30.9 Å². The van der Waals surface area contributed by atoms with Crippen LogP contribution in [0, 0.1) is 11.8 Å². The maximum Gasteiger partial charge on any atom is 0.419 e. The summed E-state index contributed by atoms with van der Waals surface area (Å²) in [5.41, 5.74) is 0.326. The van der Waals surface area contributed by atoms with Crippen LogP contribution >= 0.6 is 23.2 Å². The molecular weight excluding hydrogens is 524 g/mol. The molecule has 1 fully saturated rings. The van der Waals surface area contributed by atoms with E-state index >= 15 is 0 Å². The van der Waals surface area contributed by atoms with E-state index in [4.69, 9.17) is 23.2 Å². The summed E-state index contributed by atoms with van der Waals surface area (Å²) in [6, 6.07) is 10.5. The molecular formula is C25H22Cl2F5N3O. The zero-order valence-electron chi connectivity index (χ0n) is 19.0. The monoisotopic (exact) mass is 545 g/mol. The van der Waals surface area contributed by atoms with Crippen LogP contribution < -0.4 is 0 Å². The summed E-state index contributed by atoms with van der Waals surface area (Å²) in [7, 11) is 1.78. The van der Waals surface area contributed by atoms with Crippen molar-refractivity contribution in [1.82, 2.24) is 14.8 Å². The van der Waals surface area contributed by atoms with Crippen molar-refractivity contribution in [2.24, 2.45) is 0 Å². The summed E-state index contributed by atoms with van der Waals surface area (Å²) in [5, 5.41) is 11.7. The second kappa shape index (κ2) is 10.6. The Bertz CT molecular complexity index is 1230. The van der Waals surface area contributed by atoms with Crippen LogP contribution in [0.4, 0.5) is 22.0 Å². The van der Waals surface area contributed by atoms with Crippen molar-refractivity contribution in [3.8, 4) is 0 Å². The van der Waals surface area contributed by atoms with Gasteiger partial charge in [-0.15, -0.1) is 0 Å². The molecule has 0 bridgehead atoms. The number of hydrogen-bond acceptors (Lipinski definition) is 4. The maximum absolute atomic E-state index is 14.1. The molecule has 1 aliphatic rings. The summed E-state index contributed by atoms with van der Waals surface area (Å²) < 4.78 is 66.2. The minimum atomic E-state index is -4.77. The van der Waals surface area contributed by atoms with Gasteiger partial charge in [0.1, 0.15) is 12.0 Å². The summed E-state index contributed by atoms with van der Waals surface area (Å²) >= 11 is 12.3. The summed E-state index contributed by atoms with van der Waals surface area (Å²) in [6.07, 6.45) is -4.58. The van der Waals surface area contributed by atoms with Gasteiger partial charge in [0.05, 0.1) is 15.6 Å². The van der Waals surface area contributed by atoms with Gasteiger partial charge < -0.3 is 5.11 Å². The minimum Gasteiger partial charge on any atom is -0.374 e. The molecule has 3 aromatic rings. The number of aromatic nitrogens is 1. The smallest absolute Gasteiger partial charge is 0.374 e. The van der Waals surface area contributed by atoms with Crippen LogP contribution in [0.1, 0.15) is 34.4 Å². The van der Waals surface area contributed by atoms with E-state index in [1.807, 2.05) is 11.0 Å². The highest BCUT2D eigenvalue weighted by Gasteiger charge is 2.40. The first kappa shape index (κ1) is 26.8. The number of likely N-dealkylation sites (tertiary alicyclic amines) is 1. The highest BCUT2D eigenvalue weighted by Crippen LogP contribution is 2.38. The molecule has 1 aromatic heterocycles. The molecule has 0 aliphatic carbocycles. The molecule has 3 unspecified atom stereocenters. The fourth-order valence-corrected chi connectivity index (χ4v) is 4.88. The van der Waals surface area contributed by atoms with Gasteiger partial charge in [-0.1, -0.05) is 35.3 Å². The third-order valence-corrected chi connectivity index (χ3v) is 7.16. The third kappa shape index (κ3) is 5.81. The number of pyridine rings is 1. The Morgan fingerprint density at radius 3 is 2.42 bits per heavy atom. The molecule has 1 aliphatic heterocycles. The molecule has 4 nitrogen and oxygen atoms in total. The summed E-state index contributed by atoms with van der Waals surface area (Å²) in [5.74, 6) is -2.17. The van der Waals surface area contributed by atoms with Gasteiger partial charge >= 0.3 is 6.18 Å². The molecule has 11 heteroatoms. The van der Waals surface area contributed by atoms with Crippen LogP contribution in [0.3, 0.4) is 0 Å². The number of halogens is 7. The number of aliphatic hydroxyl groups excluding tert-OH is 1. The SMILES string of the molecule is CN(Cc1ccc(C(F)(F)F)c(F)c1)C1CN(C(O)c2ccc(F)nc2)CC1c1ccc(Cl)c(Cl)c1. The average molecular weight is 546 g/mol. The fraction of sp³-hybridized carbons (Fsp3) is 0.320. The first-order valence-electron chi connectivity index (χ1n) is 11.0. The van der Waals surface area contributed by atoms with Gasteiger partial charge in [-0.3, -0.25) is 9.80 Å². The van der Waals surface area contributed by atoms with Crippen molar-refractivity contribution in [3.63, 3.8) is 0 Å². The molecule has 0 saturated carbocycles. The first-order valence-corrected chi connectivity index (χ1v) is 11.7. The van der Waals surface area contributed by atoms with E-state index in [1.54, 1.807) is 24.1 Å². The van der Waals surface area contributed by atoms with E-state index < -0.39 is 29.7 Å². The number of nitrogens with zero attached hydrogens (tertiary/aromatic N) is 3. The fourth-order valence-electron chi connectivity index (χ4n) is 4.58. The van der Waals surface area contributed by atoms with Crippen LogP contribution in [-0.4, -0.2) is 46.1 Å². The van der Waals surface area contributed by atoms with E-state index in [0.29, 0.717) is 34.3 Å². The highest BCUT2D eigenvalue weighted by atomic mass is 35.5. The van der Waals surface area contributed by atoms with Gasteiger partial charge in [-0.25, -0.2) is 9.37 Å². The van der Waals surface area contributed by atoms with E-state index in [2.05, 4.69) is 4.98 Å². The Hall–Kier alpha value is -2.30. The first-order chi connectivity index (χ1) is 16.9. The number of benzene rings is 2. The molecule has 3 atom stereocenters. The second-order valence-corrected chi connectivity index (χ2v) is 9.63. The molecule has 36 heavy (non-hydrogen) atoms. The predicted molar refractivity (Wildman–Crippen MR) is 127 cm³/mol. The predicted octanol–water partition coefficient (Wildman–Crippen LogP) is 6.28. The summed E-state index contributed by atoms with van der Waals surface area (Å²) in [4.78, 5) is 7.28. The maximum atomic E-state index is 14.1. The topological polar surface area (TPSA) is 39.6 Å². The van der Waals surface area contributed by atoms with Gasteiger partial charge in [0.25, 0.3) is 0 Å². The highest BCUT2D eigenvalue weighted by molar-refractivity contribution is 6.42. The molecule has 0 radical (unpaired) electrons. The standard InChI is InChI=1S/C25H22Cl2F5N3O/c1-34(11-14-2-5-18(21(28)8-14)25(30,31)32)22-13-35(24(36)16-4-7-23(29)33-10-16)12-17(22)15-3-6-19(26)20(27)9-15/h2-10,17,22,24,36H,11-13H2,1H3. The van der Waals surface area contributed by atoms with Crippen LogP contribution in [0.15, 0.2) is 54.7 Å². The van der Waals surface area contributed by atoms with Gasteiger partial charge in [-0.05, 0) is 54.6 Å². The largest absolute Gasteiger partial charge is 0.419 e. The molecule has 192 valence electrons. The van der Waals surface area contributed by atoms with E-state index in [9.17, 15) is 27.1 Å². The van der Waals surface area contributed by atoms with E-state index in [1.165, 1.54) is 18.3 Å². The lowest BCUT2D eigenvalue weighted by atomic mass is 9.93. The minimum absolute atomic E-state index is 0.166. The molecule has 0 spiro atoms. The quantitative estimate of drug-likeness (QED) is 0.292. The lowest BCUT2D eigenvalue weighted by Crippen LogP contribution is -2.37. The number of hydrogen-bond donors (Lipinski definition) is 1. The summed E-state index contributed by atoms with van der Waals surface area (Å²) in [6.45, 7) is 0.926. The molecule has 4 rings (SSSR count). The Labute approximate surface area is 214 Å². The molecule has 1 N–H and O–H groups in total. The third-order valence-electron chi connectivity index (χ3n) is 6.42. The van der Waals surface area contributed by atoms with Crippen molar-refractivity contribution in [3.05, 3.63) is 98.8 Å². The zero-order valence-corrected chi connectivity index (χ0v) is 20.5. The number of rotatable bonds is 6. The van der Waals surface area contributed by atoms with Crippen molar-refractivity contribution >= 4 is 23.2 Å². The zero-order chi connectivity index (χ0) is 26.2. The Morgan fingerprint density at radius 2 is 1.81 bits per heavy atom. The molecule has 2 heterocycles. The van der Waals surface area contributed by atoms with Crippen LogP contribution in [0.25, 0.3) is 0 Å². The van der Waals surface area contributed by atoms with E-state index in [-0.39, 0.29) is 18.5 Å². The number of aliphatic hydroxyl groups is 1. The molecule has 2 aromatic carbocycles. The lowest BCUT2D eigenvalue weighted by Gasteiger charge is -2.30. The molecule has 1 saturated heterocycles.